The molecule has 300 valence electrons. The maximum Gasteiger partial charge on any atom is 0.139 e. The molecule has 6 bridgehead atoms. The second kappa shape index (κ2) is 15.6. The fourth-order valence-corrected chi connectivity index (χ4v) is 15.3. The lowest BCUT2D eigenvalue weighted by Gasteiger charge is -2.41. The van der Waals surface area contributed by atoms with Crippen LogP contribution in [0.25, 0.3) is 0 Å². The fraction of sp³-hybridized carbons (Fsp3) is 0.333. The van der Waals surface area contributed by atoms with Gasteiger partial charge in [0.25, 0.3) is 0 Å². The van der Waals surface area contributed by atoms with Crippen molar-refractivity contribution in [3.63, 3.8) is 0 Å². The summed E-state index contributed by atoms with van der Waals surface area (Å²) >= 11 is 0. The van der Waals surface area contributed by atoms with Gasteiger partial charge >= 0.3 is 0 Å². The minimum atomic E-state index is -1.02. The van der Waals surface area contributed by atoms with Crippen LogP contribution in [0.1, 0.15) is 124 Å². The smallest absolute Gasteiger partial charge is 0.139 e. The van der Waals surface area contributed by atoms with E-state index in [0.717, 1.165) is 53.8 Å². The monoisotopic (exact) mass is 814 g/mol. The first-order chi connectivity index (χ1) is 28.7. The van der Waals surface area contributed by atoms with Crippen molar-refractivity contribution >= 4 is 47.7 Å². The average molecular weight is 815 g/mol. The molecule has 0 aliphatic carbocycles. The maximum absolute atomic E-state index is 7.79. The minimum Gasteiger partial charge on any atom is -0.456 e. The van der Waals surface area contributed by atoms with Crippen LogP contribution >= 0.6 is 15.8 Å². The summed E-state index contributed by atoms with van der Waals surface area (Å²) in [5.41, 5.74) is 10.3. The highest BCUT2D eigenvalue weighted by Gasteiger charge is 2.43. The van der Waals surface area contributed by atoms with Crippen molar-refractivity contribution in [2.24, 2.45) is 0 Å². The van der Waals surface area contributed by atoms with Gasteiger partial charge in [0.1, 0.15) is 34.5 Å². The number of fused-ring (bicyclic) bond motifs is 8. The number of hydrogen-bond donors (Lipinski definition) is 0. The predicted molar refractivity (Wildman–Crippen MR) is 251 cm³/mol. The fourth-order valence-electron chi connectivity index (χ4n) is 9.76. The van der Waals surface area contributed by atoms with E-state index in [1.54, 1.807) is 0 Å². The molecule has 2 atom stereocenters. The Labute approximate surface area is 354 Å². The van der Waals surface area contributed by atoms with Gasteiger partial charge in [0.15, 0.2) is 0 Å². The minimum absolute atomic E-state index is 0.300. The lowest BCUT2D eigenvalue weighted by Crippen LogP contribution is -2.35. The van der Waals surface area contributed by atoms with Crippen LogP contribution in [0.3, 0.4) is 0 Å². The highest BCUT2D eigenvalue weighted by Crippen LogP contribution is 2.56. The Morgan fingerprint density at radius 1 is 0.458 bits per heavy atom. The zero-order valence-corrected chi connectivity index (χ0v) is 37.4. The molecule has 4 heterocycles. The standard InChI is InChI=1S/C54H56O3P2/c1-7-9-11-13-15-36-28-40-52-50(32-36)58-46-25-34(3)17-21-42(46)55-44-23-19-38(30-48(44)58)27-39-20-24-45-49(31-39)59(47-26-35(4)18-22-43(47)56-45)51-33-37(16-14-12-10-8-2)29-41(53(51)57-52)54(40,5)6/h17-26,28-33H,7-16,27H2,1-6H3. The molecule has 59 heavy (non-hydrogen) atoms. The Bertz CT molecular complexity index is 2440. The van der Waals surface area contributed by atoms with Crippen molar-refractivity contribution in [2.45, 2.75) is 118 Å². The highest BCUT2D eigenvalue weighted by molar-refractivity contribution is 7.81. The van der Waals surface area contributed by atoms with E-state index in [-0.39, 0.29) is 5.41 Å². The van der Waals surface area contributed by atoms with Gasteiger partial charge in [-0.1, -0.05) is 114 Å². The Hall–Kier alpha value is -4.42. The van der Waals surface area contributed by atoms with Crippen LogP contribution in [0.2, 0.25) is 0 Å². The van der Waals surface area contributed by atoms with Gasteiger partial charge in [-0.05, 0) is 145 Å². The van der Waals surface area contributed by atoms with Crippen molar-refractivity contribution in [3.05, 3.63) is 142 Å². The molecule has 0 radical (unpaired) electrons. The first-order valence-corrected chi connectivity index (χ1v) is 24.8. The topological polar surface area (TPSA) is 27.7 Å². The van der Waals surface area contributed by atoms with Gasteiger partial charge in [0, 0.05) is 48.4 Å². The third-order valence-electron chi connectivity index (χ3n) is 13.0. The average Bonchev–Trinajstić information content (AvgIpc) is 3.22. The molecule has 0 saturated carbocycles. The predicted octanol–water partition coefficient (Wildman–Crippen LogP) is 12.6. The summed E-state index contributed by atoms with van der Waals surface area (Å²) < 4.78 is 21.4. The summed E-state index contributed by atoms with van der Waals surface area (Å²) in [6, 6.07) is 37.6. The van der Waals surface area contributed by atoms with E-state index >= 15 is 0 Å². The quantitative estimate of drug-likeness (QED) is 0.102. The van der Waals surface area contributed by atoms with Crippen molar-refractivity contribution in [1.82, 2.24) is 0 Å². The Kier molecular flexibility index (Phi) is 10.2. The van der Waals surface area contributed by atoms with E-state index in [0.29, 0.717) is 0 Å². The normalized spacial score (nSPS) is 17.1. The third-order valence-corrected chi connectivity index (χ3v) is 18.0. The van der Waals surface area contributed by atoms with E-state index in [2.05, 4.69) is 139 Å². The van der Waals surface area contributed by atoms with Crippen LogP contribution in [-0.2, 0) is 24.7 Å². The number of unbranched alkanes of at least 4 members (excludes halogenated alkanes) is 6. The molecule has 0 saturated heterocycles. The Morgan fingerprint density at radius 2 is 0.881 bits per heavy atom. The zero-order valence-electron chi connectivity index (χ0n) is 35.6. The van der Waals surface area contributed by atoms with E-state index in [4.69, 9.17) is 14.2 Å². The van der Waals surface area contributed by atoms with Crippen LogP contribution in [0.4, 0.5) is 0 Å². The van der Waals surface area contributed by atoms with Gasteiger partial charge < -0.3 is 14.2 Å². The van der Waals surface area contributed by atoms with E-state index in [1.165, 1.54) is 128 Å². The van der Waals surface area contributed by atoms with Crippen molar-refractivity contribution in [1.29, 1.82) is 0 Å². The number of benzene rings is 6. The van der Waals surface area contributed by atoms with Gasteiger partial charge in [-0.15, -0.1) is 0 Å². The molecule has 4 aliphatic heterocycles. The van der Waals surface area contributed by atoms with E-state index < -0.39 is 15.8 Å². The number of hydrogen-bond acceptors (Lipinski definition) is 3. The van der Waals surface area contributed by atoms with Gasteiger partial charge in [-0.3, -0.25) is 0 Å². The molecule has 5 heteroatoms. The second-order valence-corrected chi connectivity index (χ2v) is 22.2. The first kappa shape index (κ1) is 38.8. The van der Waals surface area contributed by atoms with E-state index in [1.807, 2.05) is 0 Å². The zero-order chi connectivity index (χ0) is 40.4. The maximum atomic E-state index is 7.79. The molecule has 0 amide bonds. The van der Waals surface area contributed by atoms with Crippen LogP contribution < -0.4 is 46.0 Å². The number of ether oxygens (including phenoxy) is 3. The largest absolute Gasteiger partial charge is 0.456 e. The van der Waals surface area contributed by atoms with Gasteiger partial charge in [0.2, 0.25) is 0 Å². The molecule has 0 aromatic heterocycles. The number of rotatable bonds is 10. The van der Waals surface area contributed by atoms with Crippen molar-refractivity contribution in [2.75, 3.05) is 0 Å². The van der Waals surface area contributed by atoms with Crippen LogP contribution in [-0.4, -0.2) is 0 Å². The second-order valence-electron chi connectivity index (χ2n) is 17.9. The molecule has 4 aliphatic rings. The molecule has 2 unspecified atom stereocenters. The third kappa shape index (κ3) is 6.91. The molecular weight excluding hydrogens is 759 g/mol. The molecule has 0 spiro atoms. The molecule has 0 N–H and O–H groups in total. The Morgan fingerprint density at radius 3 is 1.32 bits per heavy atom. The molecule has 6 aromatic carbocycles. The van der Waals surface area contributed by atoms with Gasteiger partial charge in [0.05, 0.1) is 0 Å². The van der Waals surface area contributed by atoms with Crippen molar-refractivity contribution in [3.8, 4) is 34.5 Å². The molecule has 3 nitrogen and oxygen atoms in total. The summed E-state index contributed by atoms with van der Waals surface area (Å²) in [5.74, 6) is 5.95. The van der Waals surface area contributed by atoms with Gasteiger partial charge in [-0.25, -0.2) is 0 Å². The summed E-state index contributed by atoms with van der Waals surface area (Å²) in [6.07, 6.45) is 12.9. The Balaban J connectivity index is 1.28. The highest BCUT2D eigenvalue weighted by atomic mass is 31.1. The summed E-state index contributed by atoms with van der Waals surface area (Å²) in [7, 11) is -2.04. The van der Waals surface area contributed by atoms with Crippen LogP contribution in [0.15, 0.2) is 97.1 Å². The summed E-state index contributed by atoms with van der Waals surface area (Å²) in [4.78, 5) is 0. The molecule has 6 aromatic rings. The van der Waals surface area contributed by atoms with Crippen LogP contribution in [0, 0.1) is 13.8 Å². The molecular formula is C54H56O3P2. The summed E-state index contributed by atoms with van der Waals surface area (Å²) in [5, 5.41) is 7.75. The lowest BCUT2D eigenvalue weighted by atomic mass is 9.74. The van der Waals surface area contributed by atoms with Crippen molar-refractivity contribution < 1.29 is 14.2 Å². The SMILES string of the molecule is CCCCCCc1cc2c3c(c1)C(C)(C)c1cc(CCCCCC)cc(c1O3)P1c3cc(C)ccc3Oc3ccc(cc31)Cc1ccc3c(c1)P2c1cc(C)ccc1O3. The number of aryl methyl sites for hydroxylation is 4. The first-order valence-electron chi connectivity index (χ1n) is 22.2. The lowest BCUT2D eigenvalue weighted by molar-refractivity contribution is 0.424. The molecule has 0 fully saturated rings. The molecule has 10 rings (SSSR count). The van der Waals surface area contributed by atoms with Gasteiger partial charge in [-0.2, -0.15) is 0 Å². The summed E-state index contributed by atoms with van der Waals surface area (Å²) in [6.45, 7) is 14.0. The van der Waals surface area contributed by atoms with Crippen LogP contribution in [0.5, 0.6) is 34.5 Å². The van der Waals surface area contributed by atoms with E-state index in [9.17, 15) is 0 Å².